The fourth-order valence-electron chi connectivity index (χ4n) is 1.08. The van der Waals surface area contributed by atoms with E-state index < -0.39 is 9.05 Å². The first-order chi connectivity index (χ1) is 6.38. The van der Waals surface area contributed by atoms with Crippen molar-refractivity contribution < 1.29 is 8.42 Å². The van der Waals surface area contributed by atoms with Gasteiger partial charge in [0.25, 0.3) is 9.05 Å². The molecule has 0 amide bonds. The minimum absolute atomic E-state index is 0.0809. The molecule has 74 valence electrons. The number of hydrogen-bond donors (Lipinski definition) is 0. The average Bonchev–Trinajstić information content (AvgIpc) is 2.06. The van der Waals surface area contributed by atoms with Gasteiger partial charge in [0.05, 0.1) is 10.6 Å². The van der Waals surface area contributed by atoms with Crippen LogP contribution in [-0.4, -0.2) is 8.42 Å². The summed E-state index contributed by atoms with van der Waals surface area (Å²) in [6.45, 7) is 1.55. The number of benzene rings is 1. The second-order valence-corrected chi connectivity index (χ2v) is 5.53. The van der Waals surface area contributed by atoms with E-state index in [9.17, 15) is 8.42 Å². The van der Waals surface area contributed by atoms with Gasteiger partial charge in [-0.2, -0.15) is 5.26 Å². The van der Waals surface area contributed by atoms with E-state index in [1.807, 2.05) is 0 Å². The van der Waals surface area contributed by atoms with E-state index in [4.69, 9.17) is 27.5 Å². The van der Waals surface area contributed by atoms with Crippen LogP contribution >= 0.6 is 22.3 Å². The molecule has 3 nitrogen and oxygen atoms in total. The number of hydrogen-bond acceptors (Lipinski definition) is 3. The summed E-state index contributed by atoms with van der Waals surface area (Å²) in [5, 5.41) is 8.81. The second kappa shape index (κ2) is 3.77. The first-order valence-corrected chi connectivity index (χ1v) is 6.20. The molecule has 0 unspecified atom stereocenters. The Hall–Kier alpha value is -0.760. The standard InChI is InChI=1S/C8H5Cl2NO2S/c1-5-2-3-7(9)6(4-11)8(5)14(10,12)13/h2-3H,1H3. The molecule has 0 aromatic heterocycles. The molecule has 1 aromatic rings. The molecule has 0 aliphatic carbocycles. The van der Waals surface area contributed by atoms with Crippen LogP contribution < -0.4 is 0 Å². The van der Waals surface area contributed by atoms with Crippen LogP contribution in [0.2, 0.25) is 5.02 Å². The summed E-state index contributed by atoms with van der Waals surface area (Å²) in [6, 6.07) is 4.67. The molecule has 0 spiro atoms. The predicted octanol–water partition coefficient (Wildman–Crippen LogP) is 2.45. The van der Waals surface area contributed by atoms with E-state index in [2.05, 4.69) is 0 Å². The van der Waals surface area contributed by atoms with Gasteiger partial charge in [-0.05, 0) is 18.6 Å². The average molecular weight is 250 g/mol. The van der Waals surface area contributed by atoms with Gasteiger partial charge in [0.2, 0.25) is 0 Å². The van der Waals surface area contributed by atoms with E-state index in [1.165, 1.54) is 12.1 Å². The lowest BCUT2D eigenvalue weighted by molar-refractivity contribution is 0.609. The highest BCUT2D eigenvalue weighted by atomic mass is 35.7. The second-order valence-electron chi connectivity index (χ2n) is 2.62. The lowest BCUT2D eigenvalue weighted by atomic mass is 10.1. The molecule has 14 heavy (non-hydrogen) atoms. The van der Waals surface area contributed by atoms with Crippen LogP contribution in [-0.2, 0) is 9.05 Å². The zero-order valence-corrected chi connectivity index (χ0v) is 9.41. The predicted molar refractivity (Wildman–Crippen MR) is 53.9 cm³/mol. The minimum Gasteiger partial charge on any atom is -0.207 e. The van der Waals surface area contributed by atoms with Gasteiger partial charge in [-0.3, -0.25) is 0 Å². The van der Waals surface area contributed by atoms with Crippen LogP contribution in [0.25, 0.3) is 0 Å². The Balaban J connectivity index is 3.74. The first-order valence-electron chi connectivity index (χ1n) is 3.52. The van der Waals surface area contributed by atoms with Gasteiger partial charge < -0.3 is 0 Å². The van der Waals surface area contributed by atoms with Crippen molar-refractivity contribution in [2.45, 2.75) is 11.8 Å². The van der Waals surface area contributed by atoms with E-state index in [1.54, 1.807) is 13.0 Å². The maximum atomic E-state index is 11.1. The van der Waals surface area contributed by atoms with Crippen molar-refractivity contribution in [3.8, 4) is 6.07 Å². The van der Waals surface area contributed by atoms with Crippen LogP contribution in [0.1, 0.15) is 11.1 Å². The summed E-state index contributed by atoms with van der Waals surface area (Å²) in [7, 11) is 1.25. The molecular formula is C8H5Cl2NO2S. The molecule has 0 fully saturated rings. The molecule has 0 aliphatic heterocycles. The lowest BCUT2D eigenvalue weighted by Crippen LogP contribution is -1.99. The van der Waals surface area contributed by atoms with E-state index >= 15 is 0 Å². The van der Waals surface area contributed by atoms with Crippen molar-refractivity contribution in [1.29, 1.82) is 5.26 Å². The SMILES string of the molecule is Cc1ccc(Cl)c(C#N)c1S(=O)(=O)Cl. The Labute approximate surface area is 91.3 Å². The first kappa shape index (κ1) is 11.3. The van der Waals surface area contributed by atoms with E-state index in [0.29, 0.717) is 5.56 Å². The van der Waals surface area contributed by atoms with Crippen LogP contribution in [0.15, 0.2) is 17.0 Å². The van der Waals surface area contributed by atoms with Gasteiger partial charge in [0.1, 0.15) is 11.0 Å². The molecule has 6 heteroatoms. The van der Waals surface area contributed by atoms with Crippen LogP contribution in [0.3, 0.4) is 0 Å². The van der Waals surface area contributed by atoms with Crippen molar-refractivity contribution in [1.82, 2.24) is 0 Å². The Kier molecular flexibility index (Phi) is 3.05. The van der Waals surface area contributed by atoms with Gasteiger partial charge in [-0.15, -0.1) is 0 Å². The third-order valence-corrected chi connectivity index (χ3v) is 3.45. The third kappa shape index (κ3) is 2.01. The van der Waals surface area contributed by atoms with E-state index in [-0.39, 0.29) is 15.5 Å². The molecule has 0 saturated carbocycles. The Morgan fingerprint density at radius 2 is 2.00 bits per heavy atom. The topological polar surface area (TPSA) is 57.9 Å². The summed E-state index contributed by atoms with van der Waals surface area (Å²) >= 11 is 5.66. The highest BCUT2D eigenvalue weighted by Crippen LogP contribution is 2.28. The number of nitriles is 1. The number of halogens is 2. The highest BCUT2D eigenvalue weighted by molar-refractivity contribution is 8.13. The number of aryl methyl sites for hydroxylation is 1. The summed E-state index contributed by atoms with van der Waals surface area (Å²) in [5.74, 6) is 0. The highest BCUT2D eigenvalue weighted by Gasteiger charge is 2.20. The molecule has 0 atom stereocenters. The van der Waals surface area contributed by atoms with Crippen LogP contribution in [0.4, 0.5) is 0 Å². The molecule has 0 bridgehead atoms. The van der Waals surface area contributed by atoms with Crippen molar-refractivity contribution in [2.24, 2.45) is 0 Å². The molecule has 1 rings (SSSR count). The summed E-state index contributed by atoms with van der Waals surface area (Å²) in [4.78, 5) is -0.214. The molecule has 0 N–H and O–H groups in total. The molecule has 0 heterocycles. The lowest BCUT2D eigenvalue weighted by Gasteiger charge is -2.05. The molecule has 1 aromatic carbocycles. The number of rotatable bonds is 1. The molecule has 0 radical (unpaired) electrons. The quantitative estimate of drug-likeness (QED) is 0.719. The Morgan fingerprint density at radius 3 is 2.36 bits per heavy atom. The van der Waals surface area contributed by atoms with Gasteiger partial charge in [-0.1, -0.05) is 17.7 Å². The summed E-state index contributed by atoms with van der Waals surface area (Å²) in [5.41, 5.74) is 0.294. The van der Waals surface area contributed by atoms with Crippen molar-refractivity contribution >= 4 is 31.3 Å². The smallest absolute Gasteiger partial charge is 0.207 e. The van der Waals surface area contributed by atoms with Gasteiger partial charge >= 0.3 is 0 Å². The maximum Gasteiger partial charge on any atom is 0.262 e. The summed E-state index contributed by atoms with van der Waals surface area (Å²) in [6.07, 6.45) is 0. The monoisotopic (exact) mass is 249 g/mol. The molecule has 0 aliphatic rings. The van der Waals surface area contributed by atoms with E-state index in [0.717, 1.165) is 0 Å². The molecular weight excluding hydrogens is 245 g/mol. The van der Waals surface area contributed by atoms with Crippen molar-refractivity contribution in [2.75, 3.05) is 0 Å². The fourth-order valence-corrected chi connectivity index (χ4v) is 2.79. The van der Waals surface area contributed by atoms with Crippen molar-refractivity contribution in [3.05, 3.63) is 28.3 Å². The number of nitrogens with zero attached hydrogens (tertiary/aromatic N) is 1. The van der Waals surface area contributed by atoms with Gasteiger partial charge in [-0.25, -0.2) is 8.42 Å². The van der Waals surface area contributed by atoms with Gasteiger partial charge in [0, 0.05) is 10.7 Å². The van der Waals surface area contributed by atoms with Gasteiger partial charge in [0.15, 0.2) is 0 Å². The van der Waals surface area contributed by atoms with Crippen LogP contribution in [0, 0.1) is 18.3 Å². The zero-order chi connectivity index (χ0) is 10.9. The normalized spacial score (nSPS) is 11.0. The Bertz CT molecular complexity index is 517. The van der Waals surface area contributed by atoms with Crippen molar-refractivity contribution in [3.63, 3.8) is 0 Å². The zero-order valence-electron chi connectivity index (χ0n) is 7.08. The Morgan fingerprint density at radius 1 is 1.43 bits per heavy atom. The molecule has 0 saturated heterocycles. The minimum atomic E-state index is -3.93. The largest absolute Gasteiger partial charge is 0.262 e. The maximum absolute atomic E-state index is 11.1. The summed E-state index contributed by atoms with van der Waals surface area (Å²) < 4.78 is 22.3. The van der Waals surface area contributed by atoms with Crippen LogP contribution in [0.5, 0.6) is 0 Å². The third-order valence-electron chi connectivity index (χ3n) is 1.66. The fraction of sp³-hybridized carbons (Fsp3) is 0.125.